The van der Waals surface area contributed by atoms with Crippen molar-refractivity contribution in [1.82, 2.24) is 50.7 Å². The summed E-state index contributed by atoms with van der Waals surface area (Å²) in [6.07, 6.45) is 13.2. The molecule has 3 aromatic heterocycles. The van der Waals surface area contributed by atoms with E-state index < -0.39 is 41.9 Å². The Bertz CT molecular complexity index is 2850. The SMILES string of the molecule is CCc1nccn1-c1ccncc1NC(=O)c1nc(-c2ccc(CCNC(=O)OCc3ccc(NC(=O)[C@H](CCCNC(N)=O)NC(=O)C(NC(=O)CCCCCN4C(=O)C=CC4=O)C(C)C)cc3)cc2)cnc1N. The molecule has 9 amide bonds. The summed E-state index contributed by atoms with van der Waals surface area (Å²) in [5, 5.41) is 16.4. The third kappa shape index (κ3) is 16.2. The minimum absolute atomic E-state index is 0.0379. The van der Waals surface area contributed by atoms with E-state index in [1.54, 1.807) is 62.8 Å². The molecule has 0 fully saturated rings. The average molecular weight is 1030 g/mol. The lowest BCUT2D eigenvalue weighted by Crippen LogP contribution is -2.54. The van der Waals surface area contributed by atoms with E-state index in [0.717, 1.165) is 16.3 Å². The van der Waals surface area contributed by atoms with Crippen LogP contribution < -0.4 is 43.4 Å². The van der Waals surface area contributed by atoms with E-state index in [4.69, 9.17) is 16.2 Å². The first-order valence-corrected chi connectivity index (χ1v) is 24.6. The number of nitrogen functional groups attached to an aromatic ring is 1. The van der Waals surface area contributed by atoms with Crippen molar-refractivity contribution in [3.8, 4) is 16.9 Å². The fourth-order valence-electron chi connectivity index (χ4n) is 7.87. The molecule has 6 rings (SSSR count). The van der Waals surface area contributed by atoms with E-state index in [2.05, 4.69) is 51.8 Å². The monoisotopic (exact) mass is 1030 g/mol. The van der Waals surface area contributed by atoms with Crippen LogP contribution >= 0.6 is 0 Å². The number of alkyl carbamates (subject to hydrolysis) is 1. The number of nitrogens with one attached hydrogen (secondary N) is 6. The minimum Gasteiger partial charge on any atom is -0.445 e. The van der Waals surface area contributed by atoms with Gasteiger partial charge in [0.2, 0.25) is 17.7 Å². The van der Waals surface area contributed by atoms with E-state index in [9.17, 15) is 38.4 Å². The number of aromatic nitrogens is 5. The van der Waals surface area contributed by atoms with Crippen molar-refractivity contribution in [2.24, 2.45) is 11.7 Å². The summed E-state index contributed by atoms with van der Waals surface area (Å²) in [6.45, 7) is 6.13. The van der Waals surface area contributed by atoms with E-state index >= 15 is 0 Å². The lowest BCUT2D eigenvalue weighted by Gasteiger charge is -2.25. The van der Waals surface area contributed by atoms with E-state index in [1.165, 1.54) is 24.5 Å². The third-order valence-electron chi connectivity index (χ3n) is 11.9. The number of amides is 9. The molecule has 0 spiro atoms. The number of urea groups is 1. The Kier molecular flexibility index (Phi) is 20.0. The molecule has 75 heavy (non-hydrogen) atoms. The van der Waals surface area contributed by atoms with Crippen LogP contribution in [-0.2, 0) is 48.2 Å². The molecular formula is C52H62N14O9. The number of anilines is 3. The van der Waals surface area contributed by atoms with E-state index in [1.807, 2.05) is 35.8 Å². The largest absolute Gasteiger partial charge is 0.445 e. The van der Waals surface area contributed by atoms with Crippen molar-refractivity contribution in [3.63, 3.8) is 0 Å². The van der Waals surface area contributed by atoms with Gasteiger partial charge < -0.3 is 52.7 Å². The highest BCUT2D eigenvalue weighted by Crippen LogP contribution is 2.24. The molecule has 23 nitrogen and oxygen atoms in total. The number of carbonyl (C=O) groups excluding carboxylic acids is 8. The van der Waals surface area contributed by atoms with Gasteiger partial charge in [-0.1, -0.05) is 63.6 Å². The molecule has 1 aliphatic heterocycles. The van der Waals surface area contributed by atoms with Crippen LogP contribution in [0.4, 0.5) is 26.8 Å². The maximum Gasteiger partial charge on any atom is 0.407 e. The number of unbranched alkanes of at least 4 members (excludes halogenated alkanes) is 2. The van der Waals surface area contributed by atoms with Gasteiger partial charge in [0.15, 0.2) is 11.5 Å². The molecule has 0 bridgehead atoms. The number of nitrogens with two attached hydrogens (primary N) is 2. The number of imide groups is 1. The van der Waals surface area contributed by atoms with Crippen LogP contribution in [0.15, 0.2) is 97.7 Å². The number of hydrogen-bond acceptors (Lipinski definition) is 14. The van der Waals surface area contributed by atoms with Crippen LogP contribution in [0.2, 0.25) is 0 Å². The Morgan fingerprint density at radius 3 is 2.21 bits per heavy atom. The van der Waals surface area contributed by atoms with Gasteiger partial charge in [-0.2, -0.15) is 0 Å². The first-order valence-electron chi connectivity index (χ1n) is 24.6. The number of imidazole rings is 1. The summed E-state index contributed by atoms with van der Waals surface area (Å²) in [7, 11) is 0. The van der Waals surface area contributed by atoms with Gasteiger partial charge in [0.1, 0.15) is 24.5 Å². The Balaban J connectivity index is 0.939. The van der Waals surface area contributed by atoms with Gasteiger partial charge in [-0.3, -0.25) is 38.7 Å². The molecule has 5 aromatic rings. The van der Waals surface area contributed by atoms with Crippen molar-refractivity contribution in [2.75, 3.05) is 36.0 Å². The zero-order valence-electron chi connectivity index (χ0n) is 42.0. The Hall–Kier alpha value is -9.02. The molecule has 1 aliphatic rings. The second-order valence-corrected chi connectivity index (χ2v) is 17.8. The standard InChI is InChI=1S/C52H62N14O9/c1-4-41-56-26-28-65(41)40-22-24-55-29-39(40)63-50(72)46-47(53)59-30-38(61-46)35-15-11-33(12-16-35)21-25-58-52(74)75-31-34-13-17-36(18-14-34)60-48(70)37(9-8-23-57-51(54)73)62-49(71)45(32(2)3)64-42(67)10-6-5-7-27-66-43(68)19-20-44(66)69/h11-20,22,24,26,28-30,32,37,45H,4-10,21,23,25,27,31H2,1-3H3,(H2,53,59)(H,58,74)(H,60,70)(H,62,71)(H,63,72)(H,64,67)(H3,54,57,73)/t37-,45?/m0/s1. The van der Waals surface area contributed by atoms with Crippen molar-refractivity contribution < 1.29 is 43.1 Å². The van der Waals surface area contributed by atoms with Gasteiger partial charge in [-0.25, -0.2) is 24.5 Å². The number of carbonyl (C=O) groups is 8. The van der Waals surface area contributed by atoms with Crippen molar-refractivity contribution >= 4 is 64.8 Å². The summed E-state index contributed by atoms with van der Waals surface area (Å²) >= 11 is 0. The number of aryl methyl sites for hydroxylation is 1. The molecule has 0 radical (unpaired) electrons. The molecule has 2 aromatic carbocycles. The van der Waals surface area contributed by atoms with Crippen LogP contribution in [0.5, 0.6) is 0 Å². The lowest BCUT2D eigenvalue weighted by atomic mass is 10.0. The van der Waals surface area contributed by atoms with Gasteiger partial charge in [0.05, 0.1) is 29.5 Å². The van der Waals surface area contributed by atoms with E-state index in [0.29, 0.717) is 72.4 Å². The van der Waals surface area contributed by atoms with Crippen molar-refractivity contribution in [3.05, 3.63) is 120 Å². The minimum atomic E-state index is -1.05. The van der Waals surface area contributed by atoms with Gasteiger partial charge in [-0.15, -0.1) is 0 Å². The fourth-order valence-corrected chi connectivity index (χ4v) is 7.87. The van der Waals surface area contributed by atoms with Gasteiger partial charge in [0, 0.05) is 74.5 Å². The zero-order valence-corrected chi connectivity index (χ0v) is 42.0. The van der Waals surface area contributed by atoms with E-state index in [-0.39, 0.29) is 74.2 Å². The maximum absolute atomic E-state index is 13.6. The molecular weight excluding hydrogens is 965 g/mol. The summed E-state index contributed by atoms with van der Waals surface area (Å²) in [5.41, 5.74) is 15.5. The summed E-state index contributed by atoms with van der Waals surface area (Å²) < 4.78 is 7.28. The average Bonchev–Trinajstić information content (AvgIpc) is 4.01. The van der Waals surface area contributed by atoms with Crippen LogP contribution in [0.3, 0.4) is 0 Å². The van der Waals surface area contributed by atoms with Gasteiger partial charge in [-0.05, 0) is 67.3 Å². The Morgan fingerprint density at radius 1 is 0.773 bits per heavy atom. The number of rotatable bonds is 26. The van der Waals surface area contributed by atoms with Crippen molar-refractivity contribution in [1.29, 1.82) is 0 Å². The molecule has 4 heterocycles. The topological polar surface area (TPSA) is 330 Å². The number of primary amides is 1. The second-order valence-electron chi connectivity index (χ2n) is 17.8. The van der Waals surface area contributed by atoms with Crippen LogP contribution in [0.1, 0.15) is 86.7 Å². The number of ether oxygens (including phenoxy) is 1. The number of pyridine rings is 1. The fraction of sp³-hybridized carbons (Fsp3) is 0.346. The predicted octanol–water partition coefficient (Wildman–Crippen LogP) is 4.09. The van der Waals surface area contributed by atoms with Crippen LogP contribution in [-0.4, -0.2) is 109 Å². The molecule has 0 aliphatic carbocycles. The highest BCUT2D eigenvalue weighted by molar-refractivity contribution is 6.13. The van der Waals surface area contributed by atoms with Gasteiger partial charge in [0.25, 0.3) is 17.7 Å². The Labute approximate surface area is 433 Å². The van der Waals surface area contributed by atoms with Crippen LogP contribution in [0, 0.1) is 5.92 Å². The number of nitrogens with zero attached hydrogens (tertiary/aromatic N) is 6. The number of benzene rings is 2. The Morgan fingerprint density at radius 2 is 1.51 bits per heavy atom. The zero-order chi connectivity index (χ0) is 53.9. The summed E-state index contributed by atoms with van der Waals surface area (Å²) in [6, 6.07) is 13.0. The molecule has 23 heteroatoms. The summed E-state index contributed by atoms with van der Waals surface area (Å²) in [4.78, 5) is 119. The maximum atomic E-state index is 13.6. The number of hydrogen-bond donors (Lipinski definition) is 8. The van der Waals surface area contributed by atoms with Crippen LogP contribution in [0.25, 0.3) is 16.9 Å². The predicted molar refractivity (Wildman–Crippen MR) is 277 cm³/mol. The lowest BCUT2D eigenvalue weighted by molar-refractivity contribution is -0.137. The first-order chi connectivity index (χ1) is 36.1. The molecule has 0 saturated carbocycles. The molecule has 10 N–H and O–H groups in total. The third-order valence-corrected chi connectivity index (χ3v) is 11.9. The highest BCUT2D eigenvalue weighted by Gasteiger charge is 2.29. The molecule has 0 saturated heterocycles. The van der Waals surface area contributed by atoms with Gasteiger partial charge >= 0.3 is 12.1 Å². The summed E-state index contributed by atoms with van der Waals surface area (Å²) in [5.74, 6) is -2.31. The molecule has 2 atom stereocenters. The second kappa shape index (κ2) is 27.2. The molecule has 1 unspecified atom stereocenters. The first kappa shape index (κ1) is 55.3. The quantitative estimate of drug-likeness (QED) is 0.0286. The molecule has 394 valence electrons. The highest BCUT2D eigenvalue weighted by atomic mass is 16.5. The van der Waals surface area contributed by atoms with Crippen molar-refractivity contribution in [2.45, 2.75) is 90.8 Å². The normalized spacial score (nSPS) is 12.7. The smallest absolute Gasteiger partial charge is 0.407 e.